The Kier molecular flexibility index (Phi) is 5.21. The number of para-hydroxylation sites is 1. The van der Waals surface area contributed by atoms with Crippen molar-refractivity contribution in [2.45, 2.75) is 0 Å². The van der Waals surface area contributed by atoms with Crippen LogP contribution in [0.5, 0.6) is 0 Å². The van der Waals surface area contributed by atoms with E-state index in [1.807, 2.05) is 0 Å². The van der Waals surface area contributed by atoms with Crippen molar-refractivity contribution in [2.75, 3.05) is 31.5 Å². The van der Waals surface area contributed by atoms with Crippen molar-refractivity contribution in [1.82, 2.24) is 14.8 Å². The third-order valence-electron chi connectivity index (χ3n) is 4.11. The zero-order valence-electron chi connectivity index (χ0n) is 13.9. The van der Waals surface area contributed by atoms with Crippen molar-refractivity contribution in [2.24, 2.45) is 0 Å². The van der Waals surface area contributed by atoms with Crippen LogP contribution in [0.2, 0.25) is 0 Å². The second-order valence-electron chi connectivity index (χ2n) is 5.80. The van der Waals surface area contributed by atoms with E-state index in [1.165, 1.54) is 36.5 Å². The van der Waals surface area contributed by atoms with Gasteiger partial charge in [0.05, 0.1) is 5.69 Å². The second-order valence-corrected chi connectivity index (χ2v) is 5.80. The van der Waals surface area contributed by atoms with E-state index in [-0.39, 0.29) is 17.3 Å². The molecule has 2 heterocycles. The molecule has 0 unspecified atom stereocenters. The summed E-state index contributed by atoms with van der Waals surface area (Å²) in [4.78, 5) is 42.8. The molecule has 0 aliphatic carbocycles. The molecule has 0 radical (unpaired) electrons. The lowest BCUT2D eigenvalue weighted by atomic mass is 10.1. The van der Waals surface area contributed by atoms with Gasteiger partial charge < -0.3 is 15.1 Å². The summed E-state index contributed by atoms with van der Waals surface area (Å²) in [5.74, 6) is -1.39. The van der Waals surface area contributed by atoms with Crippen LogP contribution in [0.4, 0.5) is 10.1 Å². The average Bonchev–Trinajstić information content (AvgIpc) is 2.69. The van der Waals surface area contributed by atoms with Gasteiger partial charge in [0.2, 0.25) is 6.41 Å². The number of anilines is 1. The standard InChI is InChI=1S/C18H17FN4O3/c19-14-3-1-2-4-15(14)21-17(25)16-11-13(5-6-20-16)18(26)23-9-7-22(12-24)8-10-23/h1-6,11-12H,7-10H2,(H,21,25). The van der Waals surface area contributed by atoms with Crippen molar-refractivity contribution in [3.05, 3.63) is 59.7 Å². The molecule has 0 saturated carbocycles. The van der Waals surface area contributed by atoms with Gasteiger partial charge in [0.25, 0.3) is 11.8 Å². The van der Waals surface area contributed by atoms with E-state index in [0.717, 1.165) is 6.41 Å². The number of amides is 3. The van der Waals surface area contributed by atoms with Crippen molar-refractivity contribution in [1.29, 1.82) is 0 Å². The lowest BCUT2D eigenvalue weighted by Gasteiger charge is -2.32. The molecule has 0 atom stereocenters. The molecule has 0 bridgehead atoms. The first-order valence-corrected chi connectivity index (χ1v) is 8.09. The maximum Gasteiger partial charge on any atom is 0.274 e. The summed E-state index contributed by atoms with van der Waals surface area (Å²) in [6, 6.07) is 8.70. The van der Waals surface area contributed by atoms with Gasteiger partial charge in [0.1, 0.15) is 11.5 Å². The van der Waals surface area contributed by atoms with Gasteiger partial charge in [-0.15, -0.1) is 0 Å². The Morgan fingerprint density at radius 1 is 1.12 bits per heavy atom. The summed E-state index contributed by atoms with van der Waals surface area (Å²) in [5.41, 5.74) is 0.380. The van der Waals surface area contributed by atoms with E-state index < -0.39 is 11.7 Å². The number of benzene rings is 1. The summed E-state index contributed by atoms with van der Waals surface area (Å²) < 4.78 is 13.7. The van der Waals surface area contributed by atoms with Crippen LogP contribution >= 0.6 is 0 Å². The molecule has 7 nitrogen and oxygen atoms in total. The molecule has 134 valence electrons. The molecule has 26 heavy (non-hydrogen) atoms. The highest BCUT2D eigenvalue weighted by molar-refractivity contribution is 6.04. The lowest BCUT2D eigenvalue weighted by Crippen LogP contribution is -2.48. The Morgan fingerprint density at radius 3 is 2.54 bits per heavy atom. The second kappa shape index (κ2) is 7.73. The number of piperazine rings is 1. The van der Waals surface area contributed by atoms with E-state index in [2.05, 4.69) is 10.3 Å². The number of nitrogens with zero attached hydrogens (tertiary/aromatic N) is 3. The zero-order valence-corrected chi connectivity index (χ0v) is 13.9. The largest absolute Gasteiger partial charge is 0.342 e. The number of aromatic nitrogens is 1. The van der Waals surface area contributed by atoms with Crippen LogP contribution in [0.15, 0.2) is 42.6 Å². The highest BCUT2D eigenvalue weighted by atomic mass is 19.1. The summed E-state index contributed by atoms with van der Waals surface area (Å²) in [6.45, 7) is 1.80. The van der Waals surface area contributed by atoms with E-state index in [4.69, 9.17) is 0 Å². The molecular weight excluding hydrogens is 339 g/mol. The van der Waals surface area contributed by atoms with Crippen molar-refractivity contribution in [3.63, 3.8) is 0 Å². The number of rotatable bonds is 4. The van der Waals surface area contributed by atoms with Crippen LogP contribution in [0.25, 0.3) is 0 Å². The number of hydrogen-bond donors (Lipinski definition) is 1. The SMILES string of the molecule is O=CN1CCN(C(=O)c2ccnc(C(=O)Nc3ccccc3F)c2)CC1. The minimum Gasteiger partial charge on any atom is -0.342 e. The molecule has 1 fully saturated rings. The van der Waals surface area contributed by atoms with Crippen LogP contribution in [-0.4, -0.2) is 59.2 Å². The number of halogens is 1. The molecule has 1 saturated heterocycles. The molecule has 3 amide bonds. The highest BCUT2D eigenvalue weighted by Gasteiger charge is 2.22. The van der Waals surface area contributed by atoms with Gasteiger partial charge in [-0.3, -0.25) is 19.4 Å². The van der Waals surface area contributed by atoms with Gasteiger partial charge in [-0.2, -0.15) is 0 Å². The Bertz CT molecular complexity index is 835. The maximum absolute atomic E-state index is 13.7. The minimum absolute atomic E-state index is 0.0191. The summed E-state index contributed by atoms with van der Waals surface area (Å²) in [7, 11) is 0. The normalized spacial score (nSPS) is 14.0. The number of nitrogens with one attached hydrogen (secondary N) is 1. The first kappa shape index (κ1) is 17.5. The van der Waals surface area contributed by atoms with Gasteiger partial charge in [-0.1, -0.05) is 12.1 Å². The van der Waals surface area contributed by atoms with Gasteiger partial charge in [0.15, 0.2) is 0 Å². The monoisotopic (exact) mass is 356 g/mol. The van der Waals surface area contributed by atoms with Crippen LogP contribution in [0, 0.1) is 5.82 Å². The zero-order chi connectivity index (χ0) is 18.5. The van der Waals surface area contributed by atoms with Crippen molar-refractivity contribution in [3.8, 4) is 0 Å². The van der Waals surface area contributed by atoms with Gasteiger partial charge in [-0.25, -0.2) is 4.39 Å². The first-order valence-electron chi connectivity index (χ1n) is 8.09. The van der Waals surface area contributed by atoms with E-state index in [9.17, 15) is 18.8 Å². The molecule has 0 spiro atoms. The molecule has 3 rings (SSSR count). The molecule has 1 aromatic heterocycles. The first-order chi connectivity index (χ1) is 12.6. The molecule has 2 aromatic rings. The number of hydrogen-bond acceptors (Lipinski definition) is 4. The molecule has 1 N–H and O–H groups in total. The average molecular weight is 356 g/mol. The molecule has 1 aliphatic heterocycles. The molecule has 8 heteroatoms. The Balaban J connectivity index is 1.71. The summed E-state index contributed by atoms with van der Waals surface area (Å²) in [5, 5.41) is 2.44. The van der Waals surface area contributed by atoms with Crippen LogP contribution in [0.3, 0.4) is 0 Å². The van der Waals surface area contributed by atoms with E-state index in [1.54, 1.807) is 15.9 Å². The predicted octanol–water partition coefficient (Wildman–Crippen LogP) is 1.39. The quantitative estimate of drug-likeness (QED) is 0.839. The van der Waals surface area contributed by atoms with Crippen LogP contribution < -0.4 is 5.32 Å². The number of pyridine rings is 1. The Morgan fingerprint density at radius 2 is 1.85 bits per heavy atom. The highest BCUT2D eigenvalue weighted by Crippen LogP contribution is 2.14. The third-order valence-corrected chi connectivity index (χ3v) is 4.11. The third kappa shape index (κ3) is 3.85. The number of carbonyl (C=O) groups is 3. The van der Waals surface area contributed by atoms with Gasteiger partial charge >= 0.3 is 0 Å². The van der Waals surface area contributed by atoms with E-state index >= 15 is 0 Å². The molecule has 1 aliphatic rings. The van der Waals surface area contributed by atoms with Crippen molar-refractivity contribution < 1.29 is 18.8 Å². The summed E-state index contributed by atoms with van der Waals surface area (Å²) >= 11 is 0. The van der Waals surface area contributed by atoms with E-state index in [0.29, 0.717) is 31.7 Å². The van der Waals surface area contributed by atoms with Crippen LogP contribution in [0.1, 0.15) is 20.8 Å². The Labute approximate surface area is 149 Å². The fourth-order valence-electron chi connectivity index (χ4n) is 2.65. The van der Waals surface area contributed by atoms with Gasteiger partial charge in [0, 0.05) is 37.9 Å². The van der Waals surface area contributed by atoms with Crippen LogP contribution in [-0.2, 0) is 4.79 Å². The topological polar surface area (TPSA) is 82.6 Å². The lowest BCUT2D eigenvalue weighted by molar-refractivity contribution is -0.119. The minimum atomic E-state index is -0.601. The fourth-order valence-corrected chi connectivity index (χ4v) is 2.65. The fraction of sp³-hybridized carbons (Fsp3) is 0.222. The molecule has 1 aromatic carbocycles. The van der Waals surface area contributed by atoms with Gasteiger partial charge in [-0.05, 0) is 24.3 Å². The van der Waals surface area contributed by atoms with Crippen molar-refractivity contribution >= 4 is 23.9 Å². The number of carbonyl (C=O) groups excluding carboxylic acids is 3. The summed E-state index contributed by atoms with van der Waals surface area (Å²) in [6.07, 6.45) is 2.13. The smallest absolute Gasteiger partial charge is 0.274 e. The maximum atomic E-state index is 13.7. The Hall–Kier alpha value is -3.29. The predicted molar refractivity (Wildman–Crippen MR) is 92.1 cm³/mol. The molecular formula is C18H17FN4O3.